The Bertz CT molecular complexity index is 541. The van der Waals surface area contributed by atoms with E-state index in [0.717, 1.165) is 35.3 Å². The Morgan fingerprint density at radius 3 is 2.53 bits per heavy atom. The molecule has 1 aromatic carbocycles. The van der Waals surface area contributed by atoms with Crippen LogP contribution in [0.25, 0.3) is 11.4 Å². The van der Waals surface area contributed by atoms with Crippen molar-refractivity contribution in [3.05, 3.63) is 29.2 Å². The zero-order valence-corrected chi connectivity index (χ0v) is 11.6. The average molecular weight is 261 g/mol. The first-order chi connectivity index (χ1) is 9.15. The minimum Gasteiger partial charge on any atom is -0.496 e. The molecule has 0 fully saturated rings. The third-order valence-corrected chi connectivity index (χ3v) is 2.99. The maximum atomic E-state index is 5.46. The molecule has 0 unspecified atom stereocenters. The van der Waals surface area contributed by atoms with E-state index < -0.39 is 0 Å². The molecule has 1 heterocycles. The molecule has 0 saturated heterocycles. The van der Waals surface area contributed by atoms with E-state index in [9.17, 15) is 0 Å². The number of nitrogens with zero attached hydrogens (tertiary/aromatic N) is 2. The molecule has 0 spiro atoms. The number of aromatic nitrogens is 2. The van der Waals surface area contributed by atoms with Gasteiger partial charge in [-0.25, -0.2) is 0 Å². The van der Waals surface area contributed by atoms with E-state index >= 15 is 0 Å². The van der Waals surface area contributed by atoms with E-state index in [1.165, 1.54) is 0 Å². The van der Waals surface area contributed by atoms with E-state index in [0.29, 0.717) is 18.3 Å². The van der Waals surface area contributed by atoms with Crippen molar-refractivity contribution in [3.8, 4) is 17.1 Å². The molecular formula is C14H19N3O2. The first-order valence-corrected chi connectivity index (χ1v) is 6.34. The number of aryl methyl sites for hydroxylation is 3. The van der Waals surface area contributed by atoms with E-state index in [1.807, 2.05) is 26.0 Å². The monoisotopic (exact) mass is 261 g/mol. The zero-order chi connectivity index (χ0) is 13.8. The van der Waals surface area contributed by atoms with Gasteiger partial charge in [0.2, 0.25) is 11.7 Å². The molecule has 5 nitrogen and oxygen atoms in total. The lowest BCUT2D eigenvalue weighted by molar-refractivity contribution is 0.376. The molecule has 0 aliphatic heterocycles. The number of hydrogen-bond acceptors (Lipinski definition) is 5. The Morgan fingerprint density at radius 1 is 1.26 bits per heavy atom. The van der Waals surface area contributed by atoms with Gasteiger partial charge in [-0.3, -0.25) is 0 Å². The van der Waals surface area contributed by atoms with Gasteiger partial charge in [0.15, 0.2) is 0 Å². The number of methoxy groups -OCH3 is 1. The van der Waals surface area contributed by atoms with Crippen molar-refractivity contribution in [3.63, 3.8) is 0 Å². The molecule has 102 valence electrons. The highest BCUT2D eigenvalue weighted by Gasteiger charge is 2.12. The lowest BCUT2D eigenvalue weighted by Crippen LogP contribution is -2.00. The second kappa shape index (κ2) is 5.84. The standard InChI is InChI=1S/C14H19N3O2/c1-9-7-11(8-10(2)13(9)18-3)14-16-12(19-17-14)5-4-6-15/h7-8H,4-6,15H2,1-3H3. The molecular weight excluding hydrogens is 242 g/mol. The fourth-order valence-corrected chi connectivity index (χ4v) is 2.13. The quantitative estimate of drug-likeness (QED) is 0.893. The predicted octanol–water partition coefficient (Wildman–Crippen LogP) is 2.25. The summed E-state index contributed by atoms with van der Waals surface area (Å²) in [6.45, 7) is 4.63. The highest BCUT2D eigenvalue weighted by molar-refractivity contribution is 5.60. The molecule has 0 bridgehead atoms. The summed E-state index contributed by atoms with van der Waals surface area (Å²) in [5.41, 5.74) is 8.53. The predicted molar refractivity (Wildman–Crippen MR) is 73.1 cm³/mol. The van der Waals surface area contributed by atoms with Gasteiger partial charge in [-0.05, 0) is 50.1 Å². The molecule has 2 N–H and O–H groups in total. The van der Waals surface area contributed by atoms with Crippen LogP contribution in [0.1, 0.15) is 23.4 Å². The van der Waals surface area contributed by atoms with Gasteiger partial charge in [0.05, 0.1) is 7.11 Å². The number of ether oxygens (including phenoxy) is 1. The molecule has 1 aromatic heterocycles. The molecule has 0 radical (unpaired) electrons. The lowest BCUT2D eigenvalue weighted by Gasteiger charge is -2.09. The Kier molecular flexibility index (Phi) is 4.16. The zero-order valence-electron chi connectivity index (χ0n) is 11.6. The summed E-state index contributed by atoms with van der Waals surface area (Å²) in [7, 11) is 1.67. The van der Waals surface area contributed by atoms with Crippen LogP contribution in [-0.2, 0) is 6.42 Å². The summed E-state index contributed by atoms with van der Waals surface area (Å²) in [5.74, 6) is 2.14. The van der Waals surface area contributed by atoms with E-state index in [1.54, 1.807) is 7.11 Å². The van der Waals surface area contributed by atoms with Crippen LogP contribution in [0.2, 0.25) is 0 Å². The summed E-state index contributed by atoms with van der Waals surface area (Å²) < 4.78 is 10.6. The molecule has 0 amide bonds. The first kappa shape index (κ1) is 13.5. The minimum atomic E-state index is 0.612. The molecule has 0 aliphatic carbocycles. The number of hydrogen-bond donors (Lipinski definition) is 1. The molecule has 19 heavy (non-hydrogen) atoms. The topological polar surface area (TPSA) is 74.2 Å². The smallest absolute Gasteiger partial charge is 0.227 e. The van der Waals surface area contributed by atoms with Crippen LogP contribution < -0.4 is 10.5 Å². The lowest BCUT2D eigenvalue weighted by atomic mass is 10.1. The Morgan fingerprint density at radius 2 is 1.95 bits per heavy atom. The fourth-order valence-electron chi connectivity index (χ4n) is 2.13. The number of benzene rings is 1. The molecule has 0 saturated carbocycles. The second-order valence-corrected chi connectivity index (χ2v) is 4.55. The molecule has 0 aliphatic rings. The van der Waals surface area contributed by atoms with E-state index in [-0.39, 0.29) is 0 Å². The van der Waals surface area contributed by atoms with Crippen LogP contribution in [0, 0.1) is 13.8 Å². The SMILES string of the molecule is COc1c(C)cc(-c2noc(CCCN)n2)cc1C. The van der Waals surface area contributed by atoms with Crippen molar-refractivity contribution in [2.24, 2.45) is 5.73 Å². The fraction of sp³-hybridized carbons (Fsp3) is 0.429. The number of rotatable bonds is 5. The summed E-state index contributed by atoms with van der Waals surface area (Å²) in [6, 6.07) is 4.01. The molecule has 5 heteroatoms. The van der Waals surface area contributed by atoms with Gasteiger partial charge in [-0.1, -0.05) is 5.16 Å². The van der Waals surface area contributed by atoms with Crippen LogP contribution in [-0.4, -0.2) is 23.8 Å². The van der Waals surface area contributed by atoms with Gasteiger partial charge >= 0.3 is 0 Å². The van der Waals surface area contributed by atoms with Crippen molar-refractivity contribution < 1.29 is 9.26 Å². The summed E-state index contributed by atoms with van der Waals surface area (Å²) >= 11 is 0. The van der Waals surface area contributed by atoms with Crippen LogP contribution in [0.3, 0.4) is 0 Å². The van der Waals surface area contributed by atoms with Gasteiger partial charge in [0, 0.05) is 12.0 Å². The highest BCUT2D eigenvalue weighted by atomic mass is 16.5. The normalized spacial score (nSPS) is 10.7. The van der Waals surface area contributed by atoms with Gasteiger partial charge in [0.25, 0.3) is 0 Å². The van der Waals surface area contributed by atoms with Gasteiger partial charge in [-0.15, -0.1) is 0 Å². The third kappa shape index (κ3) is 2.93. The van der Waals surface area contributed by atoms with Crippen molar-refractivity contribution in [2.45, 2.75) is 26.7 Å². The Hall–Kier alpha value is -1.88. The first-order valence-electron chi connectivity index (χ1n) is 6.34. The van der Waals surface area contributed by atoms with Crippen molar-refractivity contribution in [1.29, 1.82) is 0 Å². The van der Waals surface area contributed by atoms with Crippen molar-refractivity contribution >= 4 is 0 Å². The molecule has 0 atom stereocenters. The molecule has 2 rings (SSSR count). The maximum Gasteiger partial charge on any atom is 0.227 e. The molecule has 2 aromatic rings. The summed E-state index contributed by atoms with van der Waals surface area (Å²) in [5, 5.41) is 4.01. The van der Waals surface area contributed by atoms with Gasteiger partial charge < -0.3 is 15.0 Å². The summed E-state index contributed by atoms with van der Waals surface area (Å²) in [4.78, 5) is 4.38. The summed E-state index contributed by atoms with van der Waals surface area (Å²) in [6.07, 6.45) is 1.57. The van der Waals surface area contributed by atoms with Crippen molar-refractivity contribution in [2.75, 3.05) is 13.7 Å². The third-order valence-electron chi connectivity index (χ3n) is 2.99. The average Bonchev–Trinajstić information content (AvgIpc) is 2.84. The van der Waals surface area contributed by atoms with E-state index in [2.05, 4.69) is 10.1 Å². The van der Waals surface area contributed by atoms with E-state index in [4.69, 9.17) is 15.0 Å². The van der Waals surface area contributed by atoms with Crippen molar-refractivity contribution in [1.82, 2.24) is 10.1 Å². The second-order valence-electron chi connectivity index (χ2n) is 4.55. The van der Waals surface area contributed by atoms with Crippen LogP contribution in [0.15, 0.2) is 16.7 Å². The number of nitrogens with two attached hydrogens (primary N) is 1. The maximum absolute atomic E-state index is 5.46. The van der Waals surface area contributed by atoms with Gasteiger partial charge in [-0.2, -0.15) is 4.98 Å². The van der Waals surface area contributed by atoms with Crippen LogP contribution in [0.4, 0.5) is 0 Å². The van der Waals surface area contributed by atoms with Crippen LogP contribution >= 0.6 is 0 Å². The van der Waals surface area contributed by atoms with Gasteiger partial charge in [0.1, 0.15) is 5.75 Å². The Balaban J connectivity index is 2.29. The highest BCUT2D eigenvalue weighted by Crippen LogP contribution is 2.28. The minimum absolute atomic E-state index is 0.612. The Labute approximate surface area is 112 Å². The van der Waals surface area contributed by atoms with Crippen LogP contribution in [0.5, 0.6) is 5.75 Å². The largest absolute Gasteiger partial charge is 0.496 e.